The number of carbonyl (C=O) groups is 1. The number of hydrazine groups is 1. The number of nitrogens with one attached hydrogen (secondary N) is 1. The van der Waals surface area contributed by atoms with Gasteiger partial charge in [-0.05, 0) is 39.5 Å². The Morgan fingerprint density at radius 1 is 1.52 bits per heavy atom. The molecule has 2 rings (SSSR count). The molecule has 0 saturated carbocycles. The first-order chi connectivity index (χ1) is 10.8. The first-order valence-electron chi connectivity index (χ1n) is 7.97. The molecule has 0 unspecified atom stereocenters. The Morgan fingerprint density at radius 3 is 2.91 bits per heavy atom. The first kappa shape index (κ1) is 17.4. The molecule has 8 nitrogen and oxygen atoms in total. The molecule has 0 radical (unpaired) electrons. The third-order valence-corrected chi connectivity index (χ3v) is 4.36. The van der Waals surface area contributed by atoms with Gasteiger partial charge in [0.1, 0.15) is 5.54 Å². The van der Waals surface area contributed by atoms with E-state index < -0.39 is 5.54 Å². The SMILES string of the molecule is C[C@H]1CC[C@@H](CC(=O)NN)CN1c1cnn(CC(C)(C)N=O)c1. The van der Waals surface area contributed by atoms with Crippen molar-refractivity contribution in [3.8, 4) is 0 Å². The lowest BCUT2D eigenvalue weighted by atomic mass is 9.90. The third kappa shape index (κ3) is 4.51. The molecule has 1 aromatic heterocycles. The Hall–Kier alpha value is -1.96. The number of nitrogens with two attached hydrogens (primary N) is 1. The van der Waals surface area contributed by atoms with Gasteiger partial charge in [0.2, 0.25) is 5.91 Å². The molecule has 0 spiro atoms. The summed E-state index contributed by atoms with van der Waals surface area (Å²) in [6, 6.07) is 0.391. The number of aromatic nitrogens is 2. The molecule has 128 valence electrons. The summed E-state index contributed by atoms with van der Waals surface area (Å²) >= 11 is 0. The fraction of sp³-hybridized carbons (Fsp3) is 0.733. The zero-order valence-electron chi connectivity index (χ0n) is 14.0. The Kier molecular flexibility index (Phi) is 5.35. The molecule has 1 aromatic rings. The number of hydrogen-bond acceptors (Lipinski definition) is 6. The van der Waals surface area contributed by atoms with Crippen molar-refractivity contribution in [2.24, 2.45) is 16.9 Å². The lowest BCUT2D eigenvalue weighted by molar-refractivity contribution is -0.122. The monoisotopic (exact) mass is 322 g/mol. The average Bonchev–Trinajstić information content (AvgIpc) is 2.96. The van der Waals surface area contributed by atoms with E-state index in [2.05, 4.69) is 27.5 Å². The first-order valence-corrected chi connectivity index (χ1v) is 7.97. The molecule has 1 aliphatic rings. The molecule has 1 saturated heterocycles. The van der Waals surface area contributed by atoms with Gasteiger partial charge in [0.05, 0.1) is 18.4 Å². The summed E-state index contributed by atoms with van der Waals surface area (Å²) in [7, 11) is 0. The quantitative estimate of drug-likeness (QED) is 0.356. The van der Waals surface area contributed by atoms with E-state index in [1.807, 2.05) is 12.4 Å². The summed E-state index contributed by atoms with van der Waals surface area (Å²) in [6.45, 7) is 6.99. The van der Waals surface area contributed by atoms with Crippen LogP contribution in [0.25, 0.3) is 0 Å². The molecule has 0 aliphatic carbocycles. The second-order valence-corrected chi connectivity index (χ2v) is 7.02. The van der Waals surface area contributed by atoms with Gasteiger partial charge < -0.3 is 4.90 Å². The van der Waals surface area contributed by atoms with Crippen LogP contribution in [0.4, 0.5) is 5.69 Å². The van der Waals surface area contributed by atoms with Crippen LogP contribution in [0, 0.1) is 10.8 Å². The van der Waals surface area contributed by atoms with E-state index in [4.69, 9.17) is 5.84 Å². The minimum absolute atomic E-state index is 0.126. The predicted octanol–water partition coefficient (Wildman–Crippen LogP) is 1.41. The van der Waals surface area contributed by atoms with Crippen molar-refractivity contribution in [1.29, 1.82) is 0 Å². The highest BCUT2D eigenvalue weighted by molar-refractivity contribution is 5.75. The average molecular weight is 322 g/mol. The largest absolute Gasteiger partial charge is 0.366 e. The number of rotatable bonds is 6. The van der Waals surface area contributed by atoms with E-state index in [0.29, 0.717) is 19.0 Å². The summed E-state index contributed by atoms with van der Waals surface area (Å²) in [5, 5.41) is 7.46. The van der Waals surface area contributed by atoms with Crippen molar-refractivity contribution in [3.63, 3.8) is 0 Å². The van der Waals surface area contributed by atoms with E-state index >= 15 is 0 Å². The predicted molar refractivity (Wildman–Crippen MR) is 88.6 cm³/mol. The van der Waals surface area contributed by atoms with Crippen LogP contribution in [0.1, 0.15) is 40.0 Å². The van der Waals surface area contributed by atoms with Crippen LogP contribution in [0.5, 0.6) is 0 Å². The number of amides is 1. The molecule has 0 aromatic carbocycles. The Balaban J connectivity index is 2.05. The molecule has 0 bridgehead atoms. The fourth-order valence-corrected chi connectivity index (χ4v) is 3.04. The van der Waals surface area contributed by atoms with Crippen LogP contribution in [0.15, 0.2) is 17.6 Å². The summed E-state index contributed by atoms with van der Waals surface area (Å²) < 4.78 is 1.75. The van der Waals surface area contributed by atoms with Gasteiger partial charge in [0, 0.05) is 25.2 Å². The van der Waals surface area contributed by atoms with Crippen molar-refractivity contribution >= 4 is 11.6 Å². The zero-order chi connectivity index (χ0) is 17.0. The molecular formula is C15H26N6O2. The van der Waals surface area contributed by atoms with Crippen LogP contribution in [0.3, 0.4) is 0 Å². The van der Waals surface area contributed by atoms with Gasteiger partial charge in [-0.25, -0.2) is 5.84 Å². The van der Waals surface area contributed by atoms with Crippen molar-refractivity contribution in [3.05, 3.63) is 17.3 Å². The van der Waals surface area contributed by atoms with Gasteiger partial charge in [-0.3, -0.25) is 14.9 Å². The molecule has 1 amide bonds. The molecule has 3 N–H and O–H groups in total. The molecule has 8 heteroatoms. The van der Waals surface area contributed by atoms with Gasteiger partial charge in [-0.1, -0.05) is 5.18 Å². The van der Waals surface area contributed by atoms with Crippen molar-refractivity contribution < 1.29 is 4.79 Å². The normalized spacial score (nSPS) is 22.0. The minimum Gasteiger partial charge on any atom is -0.366 e. The van der Waals surface area contributed by atoms with Gasteiger partial charge in [0.25, 0.3) is 0 Å². The van der Waals surface area contributed by atoms with Crippen molar-refractivity contribution in [2.75, 3.05) is 11.4 Å². The highest BCUT2D eigenvalue weighted by atomic mass is 16.3. The van der Waals surface area contributed by atoms with Crippen molar-refractivity contribution in [1.82, 2.24) is 15.2 Å². The maximum Gasteiger partial charge on any atom is 0.234 e. The number of nitrogens with zero attached hydrogens (tertiary/aromatic N) is 4. The van der Waals surface area contributed by atoms with Gasteiger partial charge in [0.15, 0.2) is 0 Å². The van der Waals surface area contributed by atoms with Gasteiger partial charge >= 0.3 is 0 Å². The topological polar surface area (TPSA) is 106 Å². The lowest BCUT2D eigenvalue weighted by Gasteiger charge is -2.38. The Morgan fingerprint density at radius 2 is 2.26 bits per heavy atom. The summed E-state index contributed by atoms with van der Waals surface area (Å²) in [4.78, 5) is 24.6. The molecule has 2 heterocycles. The zero-order valence-corrected chi connectivity index (χ0v) is 14.0. The summed E-state index contributed by atoms with van der Waals surface area (Å²) in [6.07, 6.45) is 6.23. The molecule has 1 fully saturated rings. The van der Waals surface area contributed by atoms with E-state index in [1.165, 1.54) is 0 Å². The second-order valence-electron chi connectivity index (χ2n) is 7.02. The van der Waals surface area contributed by atoms with E-state index in [9.17, 15) is 9.70 Å². The lowest BCUT2D eigenvalue weighted by Crippen LogP contribution is -2.43. The van der Waals surface area contributed by atoms with E-state index in [1.54, 1.807) is 18.5 Å². The smallest absolute Gasteiger partial charge is 0.234 e. The number of hydrogen-bond donors (Lipinski definition) is 2. The summed E-state index contributed by atoms with van der Waals surface area (Å²) in [5.41, 5.74) is 2.53. The standard InChI is InChI=1S/C15H26N6O2/c1-11-4-5-12(6-14(22)18-16)8-21(11)13-7-17-20(9-13)10-15(2,3)19-23/h7,9,11-12H,4-6,8,10,16H2,1-3H3,(H,18,22)/t11-,12-/m0/s1. The highest BCUT2D eigenvalue weighted by Gasteiger charge is 2.28. The number of piperidine rings is 1. The van der Waals surface area contributed by atoms with Crippen LogP contribution in [-0.4, -0.2) is 33.8 Å². The van der Waals surface area contributed by atoms with Crippen LogP contribution in [0.2, 0.25) is 0 Å². The maximum atomic E-state index is 11.5. The van der Waals surface area contributed by atoms with E-state index in [0.717, 1.165) is 25.1 Å². The molecule has 2 atom stereocenters. The van der Waals surface area contributed by atoms with Crippen molar-refractivity contribution in [2.45, 2.75) is 58.2 Å². The number of nitroso groups, excluding NO2 is 1. The molecule has 23 heavy (non-hydrogen) atoms. The second kappa shape index (κ2) is 7.08. The molecule has 1 aliphatic heterocycles. The summed E-state index contributed by atoms with van der Waals surface area (Å²) in [5.74, 6) is 5.33. The van der Waals surface area contributed by atoms with Crippen LogP contribution in [-0.2, 0) is 11.3 Å². The molecular weight excluding hydrogens is 296 g/mol. The minimum atomic E-state index is -0.682. The van der Waals surface area contributed by atoms with Crippen LogP contribution < -0.4 is 16.2 Å². The third-order valence-electron chi connectivity index (χ3n) is 4.36. The maximum absolute atomic E-state index is 11.5. The van der Waals surface area contributed by atoms with E-state index in [-0.39, 0.29) is 11.8 Å². The Labute approximate surface area is 136 Å². The van der Waals surface area contributed by atoms with Crippen LogP contribution >= 0.6 is 0 Å². The van der Waals surface area contributed by atoms with Gasteiger partial charge in [-0.2, -0.15) is 10.0 Å². The van der Waals surface area contributed by atoms with Gasteiger partial charge in [-0.15, -0.1) is 0 Å². The number of anilines is 1. The number of carbonyl (C=O) groups excluding carboxylic acids is 1. The highest BCUT2D eigenvalue weighted by Crippen LogP contribution is 2.29. The Bertz CT molecular complexity index is 556. The fourth-order valence-electron chi connectivity index (χ4n) is 3.04.